The van der Waals surface area contributed by atoms with Gasteiger partial charge in [0, 0.05) is 6.08 Å². The lowest BCUT2D eigenvalue weighted by Crippen LogP contribution is -1.97. The van der Waals surface area contributed by atoms with Crippen molar-refractivity contribution in [1.82, 2.24) is 0 Å². The SMILES string of the molecule is C=C.C=C.C=C.C=CC(=O)OCC. The molecule has 0 heterocycles. The molecule has 0 aromatic heterocycles. The molecule has 0 unspecified atom stereocenters. The highest BCUT2D eigenvalue weighted by atomic mass is 16.5. The van der Waals surface area contributed by atoms with Crippen LogP contribution >= 0.6 is 0 Å². The molecule has 76 valence electrons. The van der Waals surface area contributed by atoms with Gasteiger partial charge in [-0.15, -0.1) is 39.5 Å². The molecule has 0 aliphatic carbocycles. The normalized spacial score (nSPS) is 5.00. The smallest absolute Gasteiger partial charge is 0.330 e. The summed E-state index contributed by atoms with van der Waals surface area (Å²) >= 11 is 0. The lowest BCUT2D eigenvalue weighted by atomic mass is 10.6. The first-order valence-corrected chi connectivity index (χ1v) is 3.60. The molecule has 0 spiro atoms. The fourth-order valence-corrected chi connectivity index (χ4v) is 0.201. The van der Waals surface area contributed by atoms with Crippen molar-refractivity contribution in [3.05, 3.63) is 52.1 Å². The molecule has 0 atom stereocenters. The number of carbonyl (C=O) groups excluding carboxylic acids is 1. The minimum absolute atomic E-state index is 0.359. The summed E-state index contributed by atoms with van der Waals surface area (Å²) in [6, 6.07) is 0. The van der Waals surface area contributed by atoms with Gasteiger partial charge in [-0.2, -0.15) is 0 Å². The first-order chi connectivity index (χ1) is 6.31. The molecule has 0 aliphatic heterocycles. The summed E-state index contributed by atoms with van der Waals surface area (Å²) in [4.78, 5) is 10.1. The summed E-state index contributed by atoms with van der Waals surface area (Å²) in [5.41, 5.74) is 0. The molecular weight excluding hydrogens is 164 g/mol. The Balaban J connectivity index is -0.0000000573. The molecule has 0 aliphatic rings. The van der Waals surface area contributed by atoms with Crippen LogP contribution in [-0.4, -0.2) is 12.6 Å². The Labute approximate surface area is 81.9 Å². The Morgan fingerprint density at radius 1 is 1.15 bits per heavy atom. The van der Waals surface area contributed by atoms with Gasteiger partial charge in [0.05, 0.1) is 6.61 Å². The van der Waals surface area contributed by atoms with E-state index in [4.69, 9.17) is 0 Å². The highest BCUT2D eigenvalue weighted by molar-refractivity contribution is 5.81. The fraction of sp³-hybridized carbons (Fsp3) is 0.182. The third-order valence-electron chi connectivity index (χ3n) is 0.453. The molecule has 0 aromatic rings. The number of hydrogen-bond acceptors (Lipinski definition) is 2. The van der Waals surface area contributed by atoms with E-state index in [0.29, 0.717) is 6.61 Å². The van der Waals surface area contributed by atoms with Gasteiger partial charge in [-0.05, 0) is 6.92 Å². The molecule has 0 amide bonds. The third kappa shape index (κ3) is 63.0. The van der Waals surface area contributed by atoms with E-state index in [2.05, 4.69) is 50.8 Å². The van der Waals surface area contributed by atoms with Crippen LogP contribution in [0.4, 0.5) is 0 Å². The standard InChI is InChI=1S/C5H8O2.3C2H4/c1-3-5(6)7-4-2;3*1-2/h3H,1,4H2,2H3;3*1-2H2. The van der Waals surface area contributed by atoms with Gasteiger partial charge >= 0.3 is 5.97 Å². The van der Waals surface area contributed by atoms with Gasteiger partial charge in [-0.25, -0.2) is 4.79 Å². The maximum Gasteiger partial charge on any atom is 0.330 e. The van der Waals surface area contributed by atoms with Gasteiger partial charge in [0.15, 0.2) is 0 Å². The van der Waals surface area contributed by atoms with Crippen molar-refractivity contribution in [1.29, 1.82) is 0 Å². The molecule has 2 heteroatoms. The second-order valence-corrected chi connectivity index (χ2v) is 0.956. The average Bonchev–Trinajstić information content (AvgIpc) is 2.27. The Morgan fingerprint density at radius 2 is 1.46 bits per heavy atom. The fourth-order valence-electron chi connectivity index (χ4n) is 0.201. The van der Waals surface area contributed by atoms with Crippen molar-refractivity contribution in [2.45, 2.75) is 6.92 Å². The van der Waals surface area contributed by atoms with Crippen molar-refractivity contribution >= 4 is 5.97 Å². The second-order valence-electron chi connectivity index (χ2n) is 0.956. The maximum atomic E-state index is 10.1. The zero-order valence-electron chi connectivity index (χ0n) is 8.55. The van der Waals surface area contributed by atoms with E-state index in [0.717, 1.165) is 6.08 Å². The Morgan fingerprint density at radius 3 is 1.54 bits per heavy atom. The lowest BCUT2D eigenvalue weighted by Gasteiger charge is -1.90. The van der Waals surface area contributed by atoms with Crippen LogP contribution in [0.1, 0.15) is 6.92 Å². The van der Waals surface area contributed by atoms with E-state index in [1.54, 1.807) is 6.92 Å². The zero-order chi connectivity index (χ0) is 11.7. The number of hydrogen-bond donors (Lipinski definition) is 0. The molecule has 0 radical (unpaired) electrons. The summed E-state index contributed by atoms with van der Waals surface area (Å²) in [6.45, 7) is 23.4. The maximum absolute atomic E-state index is 10.1. The Bertz CT molecular complexity index is 104. The van der Waals surface area contributed by atoms with Crippen molar-refractivity contribution in [3.8, 4) is 0 Å². The summed E-state index contributed by atoms with van der Waals surface area (Å²) in [5.74, 6) is -0.359. The number of ether oxygens (including phenoxy) is 1. The lowest BCUT2D eigenvalue weighted by molar-refractivity contribution is -0.137. The number of rotatable bonds is 2. The van der Waals surface area contributed by atoms with Crippen LogP contribution in [-0.2, 0) is 9.53 Å². The van der Waals surface area contributed by atoms with E-state index in [1.165, 1.54) is 0 Å². The molecule has 0 saturated heterocycles. The molecule has 0 aromatic carbocycles. The van der Waals surface area contributed by atoms with Gasteiger partial charge in [-0.1, -0.05) is 6.58 Å². The summed E-state index contributed by atoms with van der Waals surface area (Å²) < 4.78 is 4.43. The van der Waals surface area contributed by atoms with Gasteiger partial charge in [0.1, 0.15) is 0 Å². The van der Waals surface area contributed by atoms with Gasteiger partial charge in [-0.3, -0.25) is 0 Å². The highest BCUT2D eigenvalue weighted by Crippen LogP contribution is 1.74. The molecule has 0 rings (SSSR count). The molecule has 13 heavy (non-hydrogen) atoms. The Kier molecular flexibility index (Phi) is 81.9. The molecule has 0 N–H and O–H groups in total. The molecule has 2 nitrogen and oxygen atoms in total. The second kappa shape index (κ2) is 47.3. The predicted octanol–water partition coefficient (Wildman–Crippen LogP) is 3.14. The summed E-state index contributed by atoms with van der Waals surface area (Å²) in [5, 5.41) is 0. The van der Waals surface area contributed by atoms with Crippen LogP contribution in [0, 0.1) is 0 Å². The summed E-state index contributed by atoms with van der Waals surface area (Å²) in [6.07, 6.45) is 1.14. The predicted molar refractivity (Wildman–Crippen MR) is 60.6 cm³/mol. The van der Waals surface area contributed by atoms with E-state index < -0.39 is 0 Å². The molecule has 0 fully saturated rings. The first-order valence-electron chi connectivity index (χ1n) is 3.60. The van der Waals surface area contributed by atoms with E-state index in [1.807, 2.05) is 0 Å². The van der Waals surface area contributed by atoms with Crippen molar-refractivity contribution in [2.24, 2.45) is 0 Å². The van der Waals surface area contributed by atoms with Crippen LogP contribution in [0.3, 0.4) is 0 Å². The topological polar surface area (TPSA) is 26.3 Å². The molecule has 0 bridgehead atoms. The number of carbonyl (C=O) groups is 1. The van der Waals surface area contributed by atoms with Crippen molar-refractivity contribution in [2.75, 3.05) is 6.61 Å². The quantitative estimate of drug-likeness (QED) is 0.374. The van der Waals surface area contributed by atoms with Crippen LogP contribution < -0.4 is 0 Å². The molecule has 0 saturated carbocycles. The Hall–Kier alpha value is -1.57. The summed E-state index contributed by atoms with van der Waals surface area (Å²) in [7, 11) is 0. The van der Waals surface area contributed by atoms with Crippen molar-refractivity contribution in [3.63, 3.8) is 0 Å². The highest BCUT2D eigenvalue weighted by Gasteiger charge is 1.86. The van der Waals surface area contributed by atoms with E-state index >= 15 is 0 Å². The van der Waals surface area contributed by atoms with Crippen LogP contribution in [0.5, 0.6) is 0 Å². The van der Waals surface area contributed by atoms with Crippen molar-refractivity contribution < 1.29 is 9.53 Å². The van der Waals surface area contributed by atoms with Crippen LogP contribution in [0.25, 0.3) is 0 Å². The van der Waals surface area contributed by atoms with E-state index in [9.17, 15) is 4.79 Å². The van der Waals surface area contributed by atoms with Gasteiger partial charge in [0.2, 0.25) is 0 Å². The van der Waals surface area contributed by atoms with Crippen LogP contribution in [0.15, 0.2) is 52.1 Å². The zero-order valence-corrected chi connectivity index (χ0v) is 8.55. The minimum atomic E-state index is -0.359. The third-order valence-corrected chi connectivity index (χ3v) is 0.453. The minimum Gasteiger partial charge on any atom is -0.463 e. The average molecular weight is 184 g/mol. The van der Waals surface area contributed by atoms with Crippen LogP contribution in [0.2, 0.25) is 0 Å². The monoisotopic (exact) mass is 184 g/mol. The first kappa shape index (κ1) is 22.5. The van der Waals surface area contributed by atoms with E-state index in [-0.39, 0.29) is 5.97 Å². The largest absolute Gasteiger partial charge is 0.463 e. The van der Waals surface area contributed by atoms with Gasteiger partial charge < -0.3 is 4.74 Å². The number of esters is 1. The molecular formula is C11H20O2. The van der Waals surface area contributed by atoms with Gasteiger partial charge in [0.25, 0.3) is 0 Å².